The molecule has 0 bridgehead atoms. The van der Waals surface area contributed by atoms with Crippen LogP contribution >= 0.6 is 0 Å². The van der Waals surface area contributed by atoms with Crippen LogP contribution < -0.4 is 4.90 Å². The summed E-state index contributed by atoms with van der Waals surface area (Å²) in [6.45, 7) is 4.46. The zero-order chi connectivity index (χ0) is 18.0. The smallest absolute Gasteiger partial charge is 0.337 e. The summed E-state index contributed by atoms with van der Waals surface area (Å²) in [6.07, 6.45) is 0. The number of nitrogens with zero attached hydrogens (tertiary/aromatic N) is 1. The van der Waals surface area contributed by atoms with Gasteiger partial charge in [-0.05, 0) is 43.2 Å². The molecule has 0 radical (unpaired) electrons. The van der Waals surface area contributed by atoms with E-state index >= 15 is 0 Å². The Kier molecular flexibility index (Phi) is 4.86. The quantitative estimate of drug-likeness (QED) is 0.804. The van der Waals surface area contributed by atoms with Crippen LogP contribution in [0.25, 0.3) is 11.1 Å². The van der Waals surface area contributed by atoms with Gasteiger partial charge in [0.05, 0.1) is 25.0 Å². The predicted molar refractivity (Wildman–Crippen MR) is 95.5 cm³/mol. The van der Waals surface area contributed by atoms with Crippen LogP contribution in [-0.2, 0) is 20.9 Å². The van der Waals surface area contributed by atoms with Crippen LogP contribution in [0, 0.1) is 0 Å². The molecule has 5 nitrogen and oxygen atoms in total. The van der Waals surface area contributed by atoms with Crippen molar-refractivity contribution in [1.29, 1.82) is 0 Å². The van der Waals surface area contributed by atoms with E-state index in [0.29, 0.717) is 12.2 Å². The fourth-order valence-electron chi connectivity index (χ4n) is 3.05. The van der Waals surface area contributed by atoms with Gasteiger partial charge in [-0.1, -0.05) is 24.3 Å². The van der Waals surface area contributed by atoms with Crippen molar-refractivity contribution in [2.45, 2.75) is 26.5 Å². The molecule has 130 valence electrons. The Labute approximate surface area is 147 Å². The van der Waals surface area contributed by atoms with Crippen molar-refractivity contribution >= 4 is 17.6 Å². The van der Waals surface area contributed by atoms with E-state index in [-0.39, 0.29) is 24.5 Å². The number of anilines is 1. The monoisotopic (exact) mass is 339 g/mol. The molecule has 0 aliphatic carbocycles. The van der Waals surface area contributed by atoms with E-state index in [4.69, 9.17) is 9.47 Å². The molecular formula is C20H21NO4. The third-order valence-electron chi connectivity index (χ3n) is 4.23. The molecule has 0 N–H and O–H groups in total. The van der Waals surface area contributed by atoms with Gasteiger partial charge >= 0.3 is 5.97 Å². The zero-order valence-electron chi connectivity index (χ0n) is 14.6. The minimum Gasteiger partial charge on any atom is -0.465 e. The average molecular weight is 339 g/mol. The van der Waals surface area contributed by atoms with Gasteiger partial charge in [0, 0.05) is 11.6 Å². The molecule has 0 unspecified atom stereocenters. The number of rotatable bonds is 3. The first-order valence-corrected chi connectivity index (χ1v) is 8.22. The van der Waals surface area contributed by atoms with Gasteiger partial charge in [-0.15, -0.1) is 0 Å². The molecule has 0 saturated carbocycles. The van der Waals surface area contributed by atoms with Gasteiger partial charge in [0.1, 0.15) is 6.61 Å². The number of hydrogen-bond acceptors (Lipinski definition) is 4. The Morgan fingerprint density at radius 3 is 2.60 bits per heavy atom. The van der Waals surface area contributed by atoms with Crippen molar-refractivity contribution < 1.29 is 19.1 Å². The normalized spacial score (nSPS) is 14.2. The second kappa shape index (κ2) is 7.07. The fourth-order valence-corrected chi connectivity index (χ4v) is 3.05. The summed E-state index contributed by atoms with van der Waals surface area (Å²) < 4.78 is 10.3. The van der Waals surface area contributed by atoms with Crippen molar-refractivity contribution in [3.63, 3.8) is 0 Å². The van der Waals surface area contributed by atoms with Crippen LogP contribution in [-0.4, -0.2) is 31.6 Å². The standard InChI is InChI=1S/C20H21NO4/c1-13(2)21-18-10-15(7-8-17(18)11-25-12-19(21)22)14-5-4-6-16(9-14)20(23)24-3/h4-10,13H,11-12H2,1-3H3. The van der Waals surface area contributed by atoms with Crippen LogP contribution in [0.4, 0.5) is 5.69 Å². The van der Waals surface area contributed by atoms with E-state index in [2.05, 4.69) is 0 Å². The van der Waals surface area contributed by atoms with Crippen LogP contribution in [0.3, 0.4) is 0 Å². The highest BCUT2D eigenvalue weighted by Gasteiger charge is 2.25. The summed E-state index contributed by atoms with van der Waals surface area (Å²) in [5, 5.41) is 0. The Bertz CT molecular complexity index is 813. The molecule has 0 fully saturated rings. The number of benzene rings is 2. The summed E-state index contributed by atoms with van der Waals surface area (Å²) in [6, 6.07) is 13.2. The number of esters is 1. The number of hydrogen-bond donors (Lipinski definition) is 0. The van der Waals surface area contributed by atoms with E-state index < -0.39 is 0 Å². The number of carbonyl (C=O) groups is 2. The van der Waals surface area contributed by atoms with Gasteiger partial charge in [-0.2, -0.15) is 0 Å². The topological polar surface area (TPSA) is 55.8 Å². The minimum absolute atomic E-state index is 0.0320. The van der Waals surface area contributed by atoms with E-state index in [9.17, 15) is 9.59 Å². The molecule has 2 aromatic rings. The summed E-state index contributed by atoms with van der Waals surface area (Å²) in [7, 11) is 1.36. The minimum atomic E-state index is -0.371. The van der Waals surface area contributed by atoms with Crippen molar-refractivity contribution in [2.75, 3.05) is 18.6 Å². The number of ether oxygens (including phenoxy) is 2. The lowest BCUT2D eigenvalue weighted by atomic mass is 9.99. The van der Waals surface area contributed by atoms with Gasteiger partial charge in [0.25, 0.3) is 5.91 Å². The molecule has 25 heavy (non-hydrogen) atoms. The third-order valence-corrected chi connectivity index (χ3v) is 4.23. The molecule has 1 aliphatic rings. The van der Waals surface area contributed by atoms with Crippen molar-refractivity contribution in [2.24, 2.45) is 0 Å². The maximum Gasteiger partial charge on any atom is 0.337 e. The number of fused-ring (bicyclic) bond motifs is 1. The first kappa shape index (κ1) is 17.2. The first-order valence-electron chi connectivity index (χ1n) is 8.22. The molecule has 2 aromatic carbocycles. The third kappa shape index (κ3) is 3.42. The summed E-state index contributed by atoms with van der Waals surface area (Å²) in [5.41, 5.74) is 4.16. The van der Waals surface area contributed by atoms with Crippen LogP contribution in [0.5, 0.6) is 0 Å². The Morgan fingerprint density at radius 2 is 1.88 bits per heavy atom. The zero-order valence-corrected chi connectivity index (χ0v) is 14.6. The molecule has 0 spiro atoms. The molecule has 5 heteroatoms. The number of amides is 1. The molecule has 1 amide bonds. The largest absolute Gasteiger partial charge is 0.465 e. The highest BCUT2D eigenvalue weighted by Crippen LogP contribution is 2.32. The molecule has 0 atom stereocenters. The molecule has 0 aromatic heterocycles. The summed E-state index contributed by atoms with van der Waals surface area (Å²) in [5.74, 6) is -0.418. The number of methoxy groups -OCH3 is 1. The lowest BCUT2D eigenvalue weighted by Gasteiger charge is -2.27. The maximum atomic E-state index is 12.4. The SMILES string of the molecule is COC(=O)c1cccc(-c2ccc3c(c2)N(C(C)C)C(=O)COC3)c1. The maximum absolute atomic E-state index is 12.4. The highest BCUT2D eigenvalue weighted by atomic mass is 16.5. The second-order valence-corrected chi connectivity index (χ2v) is 6.27. The molecule has 3 rings (SSSR count). The lowest BCUT2D eigenvalue weighted by molar-refractivity contribution is -0.123. The lowest BCUT2D eigenvalue weighted by Crippen LogP contribution is -2.38. The summed E-state index contributed by atoms with van der Waals surface area (Å²) >= 11 is 0. The highest BCUT2D eigenvalue weighted by molar-refractivity contribution is 5.97. The van der Waals surface area contributed by atoms with Gasteiger partial charge < -0.3 is 14.4 Å². The molecule has 0 saturated heterocycles. The fraction of sp³-hybridized carbons (Fsp3) is 0.300. The summed E-state index contributed by atoms with van der Waals surface area (Å²) in [4.78, 5) is 25.9. The Morgan fingerprint density at radius 1 is 1.12 bits per heavy atom. The van der Waals surface area contributed by atoms with Gasteiger partial charge in [-0.3, -0.25) is 4.79 Å². The van der Waals surface area contributed by atoms with Crippen LogP contribution in [0.15, 0.2) is 42.5 Å². The van der Waals surface area contributed by atoms with Crippen molar-refractivity contribution in [3.05, 3.63) is 53.6 Å². The van der Waals surface area contributed by atoms with Crippen molar-refractivity contribution in [1.82, 2.24) is 0 Å². The van der Waals surface area contributed by atoms with Gasteiger partial charge in [0.2, 0.25) is 0 Å². The van der Waals surface area contributed by atoms with Crippen LogP contribution in [0.2, 0.25) is 0 Å². The number of carbonyl (C=O) groups excluding carboxylic acids is 2. The molecular weight excluding hydrogens is 318 g/mol. The van der Waals surface area contributed by atoms with E-state index in [1.807, 2.05) is 44.2 Å². The van der Waals surface area contributed by atoms with Crippen molar-refractivity contribution in [3.8, 4) is 11.1 Å². The molecule has 1 aliphatic heterocycles. The molecule has 1 heterocycles. The predicted octanol–water partition coefficient (Wildman–Crippen LogP) is 3.41. The first-order chi connectivity index (χ1) is 12.0. The second-order valence-electron chi connectivity index (χ2n) is 6.27. The van der Waals surface area contributed by atoms with E-state index in [0.717, 1.165) is 22.4 Å². The van der Waals surface area contributed by atoms with E-state index in [1.165, 1.54) is 7.11 Å². The Balaban J connectivity index is 2.07. The van der Waals surface area contributed by atoms with Crippen LogP contribution in [0.1, 0.15) is 29.8 Å². The average Bonchev–Trinajstić information content (AvgIpc) is 2.78. The van der Waals surface area contributed by atoms with Gasteiger partial charge in [0.15, 0.2) is 0 Å². The van der Waals surface area contributed by atoms with E-state index in [1.54, 1.807) is 17.0 Å². The Hall–Kier alpha value is -2.66. The van der Waals surface area contributed by atoms with Gasteiger partial charge in [-0.25, -0.2) is 4.79 Å².